The molecule has 0 unspecified atom stereocenters. The summed E-state index contributed by atoms with van der Waals surface area (Å²) in [6.07, 6.45) is 1.98. The molecule has 0 aliphatic heterocycles. The van der Waals surface area contributed by atoms with Crippen LogP contribution in [0.5, 0.6) is 0 Å². The third-order valence-corrected chi connectivity index (χ3v) is 2.59. The van der Waals surface area contributed by atoms with E-state index in [1.54, 1.807) is 6.21 Å². The highest BCUT2D eigenvalue weighted by molar-refractivity contribution is 5.80. The van der Waals surface area contributed by atoms with Crippen LogP contribution in [0.25, 0.3) is 0 Å². The van der Waals surface area contributed by atoms with Crippen LogP contribution in [0.1, 0.15) is 26.3 Å². The number of nitrogens with zero attached hydrogens (tertiary/aromatic N) is 1. The van der Waals surface area contributed by atoms with E-state index in [1.165, 1.54) is 5.56 Å². The van der Waals surface area contributed by atoms with Crippen molar-refractivity contribution in [1.82, 2.24) is 5.32 Å². The highest BCUT2D eigenvalue weighted by Gasteiger charge is 2.15. The monoisotopic (exact) mass is 276 g/mol. The Morgan fingerprint density at radius 2 is 2.00 bits per heavy atom. The first-order valence-electron chi connectivity index (χ1n) is 6.86. The van der Waals surface area contributed by atoms with Gasteiger partial charge in [-0.15, -0.1) is 0 Å². The fourth-order valence-electron chi connectivity index (χ4n) is 1.81. The normalized spacial score (nSPS) is 13.4. The summed E-state index contributed by atoms with van der Waals surface area (Å²) in [5.41, 5.74) is 0.718. The number of carbonyl (C=O) groups excluding carboxylic acids is 1. The van der Waals surface area contributed by atoms with Gasteiger partial charge in [-0.1, -0.05) is 30.3 Å². The molecule has 110 valence electrons. The molecule has 0 bridgehead atoms. The smallest absolute Gasteiger partial charge is 0.433 e. The number of hydrogen-bond acceptors (Lipinski definition) is 3. The number of hydrogen-bond donors (Lipinski definition) is 1. The van der Waals surface area contributed by atoms with E-state index in [1.807, 2.05) is 46.0 Å². The zero-order valence-corrected chi connectivity index (χ0v) is 12.7. The first-order chi connectivity index (χ1) is 9.40. The summed E-state index contributed by atoms with van der Waals surface area (Å²) in [5.74, 6) is 0.162. The standard InChI is InChI=1S/C16H24N2O2/c1-16(2,3)20-15(19)18-12-14(11-17-4)10-13-8-6-5-7-9-13/h5-9,12,14,17H,10-11H2,1-4H3/b18-12+/t14-/m0/s1. The highest BCUT2D eigenvalue weighted by Crippen LogP contribution is 2.09. The van der Waals surface area contributed by atoms with Gasteiger partial charge in [-0.05, 0) is 39.8 Å². The molecule has 0 saturated heterocycles. The maximum atomic E-state index is 11.6. The van der Waals surface area contributed by atoms with Gasteiger partial charge in [-0.25, -0.2) is 4.79 Å². The zero-order chi connectivity index (χ0) is 15.0. The summed E-state index contributed by atoms with van der Waals surface area (Å²) in [7, 11) is 1.89. The molecule has 0 aliphatic rings. The van der Waals surface area contributed by atoms with Gasteiger partial charge in [0.25, 0.3) is 0 Å². The van der Waals surface area contributed by atoms with Crippen molar-refractivity contribution in [3.8, 4) is 0 Å². The van der Waals surface area contributed by atoms with Crippen molar-refractivity contribution in [3.63, 3.8) is 0 Å². The minimum absolute atomic E-state index is 0.162. The lowest BCUT2D eigenvalue weighted by molar-refractivity contribution is 0.0604. The van der Waals surface area contributed by atoms with Gasteiger partial charge in [-0.3, -0.25) is 0 Å². The molecule has 4 nitrogen and oxygen atoms in total. The summed E-state index contributed by atoms with van der Waals surface area (Å²) in [4.78, 5) is 15.5. The Bertz CT molecular complexity index is 436. The number of nitrogens with one attached hydrogen (secondary N) is 1. The Labute approximate surface area is 121 Å². The van der Waals surface area contributed by atoms with Crippen molar-refractivity contribution < 1.29 is 9.53 Å². The molecule has 1 amide bonds. The van der Waals surface area contributed by atoms with E-state index in [0.29, 0.717) is 0 Å². The van der Waals surface area contributed by atoms with E-state index in [0.717, 1.165) is 13.0 Å². The van der Waals surface area contributed by atoms with Crippen LogP contribution < -0.4 is 5.32 Å². The summed E-state index contributed by atoms with van der Waals surface area (Å²) in [5, 5.41) is 3.12. The molecule has 20 heavy (non-hydrogen) atoms. The van der Waals surface area contributed by atoms with Crippen LogP contribution >= 0.6 is 0 Å². The Morgan fingerprint density at radius 3 is 2.55 bits per heavy atom. The average molecular weight is 276 g/mol. The Kier molecular flexibility index (Phi) is 6.39. The molecule has 1 aromatic carbocycles. The van der Waals surface area contributed by atoms with Gasteiger partial charge in [0.15, 0.2) is 0 Å². The number of carbonyl (C=O) groups is 1. The SMILES string of the molecule is CNC[C@@H](/C=N/C(=O)OC(C)(C)C)Cc1ccccc1. The van der Waals surface area contributed by atoms with Crippen molar-refractivity contribution in [1.29, 1.82) is 0 Å². The van der Waals surface area contributed by atoms with Gasteiger partial charge >= 0.3 is 6.09 Å². The van der Waals surface area contributed by atoms with Crippen molar-refractivity contribution in [2.45, 2.75) is 32.8 Å². The topological polar surface area (TPSA) is 50.7 Å². The first kappa shape index (κ1) is 16.4. The van der Waals surface area contributed by atoms with Crippen LogP contribution in [-0.2, 0) is 11.2 Å². The third kappa shape index (κ3) is 7.04. The van der Waals surface area contributed by atoms with Crippen LogP contribution in [0.4, 0.5) is 4.79 Å². The molecule has 1 atom stereocenters. The van der Waals surface area contributed by atoms with Gasteiger partial charge in [0.1, 0.15) is 5.60 Å². The lowest BCUT2D eigenvalue weighted by atomic mass is 10.0. The fraction of sp³-hybridized carbons (Fsp3) is 0.500. The Hall–Kier alpha value is -1.68. The maximum absolute atomic E-state index is 11.6. The second-order valence-corrected chi connectivity index (χ2v) is 5.77. The lowest BCUT2D eigenvalue weighted by Gasteiger charge is -2.17. The van der Waals surface area contributed by atoms with E-state index < -0.39 is 11.7 Å². The van der Waals surface area contributed by atoms with Gasteiger partial charge in [-0.2, -0.15) is 4.99 Å². The zero-order valence-electron chi connectivity index (χ0n) is 12.7. The van der Waals surface area contributed by atoms with Gasteiger partial charge < -0.3 is 10.1 Å². The van der Waals surface area contributed by atoms with Gasteiger partial charge in [0.05, 0.1) is 0 Å². The van der Waals surface area contributed by atoms with E-state index in [-0.39, 0.29) is 5.92 Å². The predicted octanol–water partition coefficient (Wildman–Crippen LogP) is 3.07. The summed E-state index contributed by atoms with van der Waals surface area (Å²) >= 11 is 0. The second kappa shape index (κ2) is 7.80. The van der Waals surface area contributed by atoms with Crippen LogP contribution in [0.2, 0.25) is 0 Å². The molecule has 0 spiro atoms. The lowest BCUT2D eigenvalue weighted by Crippen LogP contribution is -2.24. The van der Waals surface area contributed by atoms with Crippen molar-refractivity contribution in [3.05, 3.63) is 35.9 Å². The molecular weight excluding hydrogens is 252 g/mol. The number of benzene rings is 1. The number of rotatable bonds is 5. The van der Waals surface area contributed by atoms with Gasteiger partial charge in [0.2, 0.25) is 0 Å². The predicted molar refractivity (Wildman–Crippen MR) is 82.3 cm³/mol. The van der Waals surface area contributed by atoms with Crippen molar-refractivity contribution in [2.75, 3.05) is 13.6 Å². The number of amides is 1. The summed E-state index contributed by atoms with van der Waals surface area (Å²) in [6.45, 7) is 6.25. The molecule has 4 heteroatoms. The van der Waals surface area contributed by atoms with Crippen LogP contribution in [0, 0.1) is 5.92 Å². The van der Waals surface area contributed by atoms with E-state index in [9.17, 15) is 4.79 Å². The van der Waals surface area contributed by atoms with E-state index in [2.05, 4.69) is 22.4 Å². The second-order valence-electron chi connectivity index (χ2n) is 5.77. The number of ether oxygens (including phenoxy) is 1. The molecule has 1 aromatic rings. The molecule has 0 fully saturated rings. The molecule has 0 heterocycles. The summed E-state index contributed by atoms with van der Waals surface area (Å²) in [6, 6.07) is 10.2. The molecule has 0 saturated carbocycles. The highest BCUT2D eigenvalue weighted by atomic mass is 16.6. The number of aliphatic imine (C=N–C) groups is 1. The molecule has 1 rings (SSSR count). The third-order valence-electron chi connectivity index (χ3n) is 2.59. The molecule has 1 N–H and O–H groups in total. The van der Waals surface area contributed by atoms with Crippen LogP contribution in [0.3, 0.4) is 0 Å². The van der Waals surface area contributed by atoms with Crippen LogP contribution in [-0.4, -0.2) is 31.5 Å². The average Bonchev–Trinajstić information content (AvgIpc) is 2.35. The minimum atomic E-state index is -0.535. The molecule has 0 aliphatic carbocycles. The summed E-state index contributed by atoms with van der Waals surface area (Å²) < 4.78 is 5.16. The largest absolute Gasteiger partial charge is 0.442 e. The molecule has 0 radical (unpaired) electrons. The minimum Gasteiger partial charge on any atom is -0.442 e. The van der Waals surface area contributed by atoms with Crippen molar-refractivity contribution in [2.24, 2.45) is 10.9 Å². The maximum Gasteiger partial charge on any atom is 0.433 e. The van der Waals surface area contributed by atoms with Gasteiger partial charge in [0, 0.05) is 18.7 Å². The first-order valence-corrected chi connectivity index (χ1v) is 6.86. The molecular formula is C16H24N2O2. The van der Waals surface area contributed by atoms with E-state index in [4.69, 9.17) is 4.74 Å². The quantitative estimate of drug-likeness (QED) is 0.841. The Balaban J connectivity index is 2.60. The Morgan fingerprint density at radius 1 is 1.35 bits per heavy atom. The fourth-order valence-corrected chi connectivity index (χ4v) is 1.81. The van der Waals surface area contributed by atoms with Crippen molar-refractivity contribution >= 4 is 12.3 Å². The molecule has 0 aromatic heterocycles. The van der Waals surface area contributed by atoms with Crippen LogP contribution in [0.15, 0.2) is 35.3 Å². The van der Waals surface area contributed by atoms with E-state index >= 15 is 0 Å².